The zero-order valence-corrected chi connectivity index (χ0v) is 14.5. The van der Waals surface area contributed by atoms with Gasteiger partial charge in [0, 0.05) is 10.6 Å². The first kappa shape index (κ1) is 16.5. The van der Waals surface area contributed by atoms with Crippen LogP contribution in [0.5, 0.6) is 11.5 Å². The molecule has 3 rings (SSSR count). The predicted octanol–water partition coefficient (Wildman–Crippen LogP) is 5.53. The summed E-state index contributed by atoms with van der Waals surface area (Å²) in [7, 11) is 1.68. The zero-order chi connectivity index (χ0) is 16.6. The van der Waals surface area contributed by atoms with Crippen molar-refractivity contribution >= 4 is 11.8 Å². The summed E-state index contributed by atoms with van der Waals surface area (Å²) >= 11 is 1.78. The highest BCUT2D eigenvalue weighted by molar-refractivity contribution is 7.99. The van der Waals surface area contributed by atoms with E-state index in [1.54, 1.807) is 18.9 Å². The maximum atomic E-state index is 5.82. The summed E-state index contributed by atoms with van der Waals surface area (Å²) in [5, 5.41) is 0. The molecule has 0 spiro atoms. The zero-order valence-electron chi connectivity index (χ0n) is 13.6. The molecular formula is C21H20O2S. The second-order valence-corrected chi connectivity index (χ2v) is 6.43. The minimum absolute atomic E-state index is 0.682. The van der Waals surface area contributed by atoms with Crippen LogP contribution in [0.15, 0.2) is 83.8 Å². The molecule has 0 N–H and O–H groups in total. The lowest BCUT2D eigenvalue weighted by Crippen LogP contribution is -1.99. The molecule has 0 fully saturated rings. The topological polar surface area (TPSA) is 18.5 Å². The average molecular weight is 336 g/mol. The summed E-state index contributed by atoms with van der Waals surface area (Å²) in [4.78, 5) is 1.22. The maximum Gasteiger partial charge on any atom is 0.119 e. The molecule has 0 saturated carbocycles. The number of hydrogen-bond donors (Lipinski definition) is 0. The number of rotatable bonds is 7. The van der Waals surface area contributed by atoms with Gasteiger partial charge >= 0.3 is 0 Å². The normalized spacial score (nSPS) is 10.4. The summed E-state index contributed by atoms with van der Waals surface area (Å²) < 4.78 is 11.0. The fourth-order valence-corrected chi connectivity index (χ4v) is 3.10. The van der Waals surface area contributed by atoms with Crippen molar-refractivity contribution in [1.29, 1.82) is 0 Å². The quantitative estimate of drug-likeness (QED) is 0.417. The molecule has 0 radical (unpaired) electrons. The Morgan fingerprint density at radius 3 is 2.00 bits per heavy atom. The Labute approximate surface area is 147 Å². The monoisotopic (exact) mass is 336 g/mol. The first-order valence-electron chi connectivity index (χ1n) is 7.90. The first-order chi connectivity index (χ1) is 11.8. The van der Waals surface area contributed by atoms with E-state index in [2.05, 4.69) is 48.5 Å². The van der Waals surface area contributed by atoms with Gasteiger partial charge < -0.3 is 9.47 Å². The third-order valence-corrected chi connectivity index (χ3v) is 4.62. The molecule has 3 heteroatoms. The standard InChI is InChI=1S/C21H20O2S/c1-22-19-11-13-21(14-12-19)24-16-15-23-20-9-7-18(8-10-20)17-5-3-2-4-6-17/h2-14H,15-16H2,1H3. The van der Waals surface area contributed by atoms with Crippen molar-refractivity contribution in [1.82, 2.24) is 0 Å². The summed E-state index contributed by atoms with van der Waals surface area (Å²) in [5.74, 6) is 2.70. The first-order valence-corrected chi connectivity index (χ1v) is 8.89. The molecule has 0 aromatic heterocycles. The van der Waals surface area contributed by atoms with Gasteiger partial charge in [-0.25, -0.2) is 0 Å². The molecular weight excluding hydrogens is 316 g/mol. The summed E-state index contributed by atoms with van der Waals surface area (Å²) in [6.45, 7) is 0.682. The molecule has 24 heavy (non-hydrogen) atoms. The lowest BCUT2D eigenvalue weighted by Gasteiger charge is -2.08. The number of methoxy groups -OCH3 is 1. The van der Waals surface area contributed by atoms with Crippen LogP contribution >= 0.6 is 11.8 Å². The van der Waals surface area contributed by atoms with Crippen LogP contribution in [0.4, 0.5) is 0 Å². The van der Waals surface area contributed by atoms with Crippen molar-refractivity contribution in [3.8, 4) is 22.6 Å². The van der Waals surface area contributed by atoms with Crippen molar-refractivity contribution in [2.45, 2.75) is 4.90 Å². The fourth-order valence-electron chi connectivity index (χ4n) is 2.37. The van der Waals surface area contributed by atoms with Gasteiger partial charge in [-0.15, -0.1) is 11.8 Å². The van der Waals surface area contributed by atoms with Crippen molar-refractivity contribution in [2.75, 3.05) is 19.5 Å². The molecule has 0 amide bonds. The average Bonchev–Trinajstić information content (AvgIpc) is 2.67. The molecule has 0 unspecified atom stereocenters. The molecule has 2 nitrogen and oxygen atoms in total. The van der Waals surface area contributed by atoms with Gasteiger partial charge in [0.15, 0.2) is 0 Å². The van der Waals surface area contributed by atoms with Gasteiger partial charge in [0.1, 0.15) is 11.5 Å². The van der Waals surface area contributed by atoms with Gasteiger partial charge in [-0.1, -0.05) is 42.5 Å². The SMILES string of the molecule is COc1ccc(SCCOc2ccc(-c3ccccc3)cc2)cc1. The molecule has 0 heterocycles. The van der Waals surface area contributed by atoms with Crippen LogP contribution in [0.2, 0.25) is 0 Å². The predicted molar refractivity (Wildman–Crippen MR) is 101 cm³/mol. The molecule has 0 bridgehead atoms. The number of hydrogen-bond acceptors (Lipinski definition) is 3. The highest BCUT2D eigenvalue weighted by Gasteiger charge is 1.99. The van der Waals surface area contributed by atoms with Gasteiger partial charge in [-0.2, -0.15) is 0 Å². The number of benzene rings is 3. The Bertz CT molecular complexity index is 737. The summed E-state index contributed by atoms with van der Waals surface area (Å²) in [6.07, 6.45) is 0. The minimum atomic E-state index is 0.682. The van der Waals surface area contributed by atoms with E-state index in [0.29, 0.717) is 6.61 Å². The van der Waals surface area contributed by atoms with E-state index >= 15 is 0 Å². The molecule has 0 aliphatic rings. The van der Waals surface area contributed by atoms with Crippen LogP contribution in [-0.4, -0.2) is 19.5 Å². The lowest BCUT2D eigenvalue weighted by atomic mass is 10.1. The van der Waals surface area contributed by atoms with Crippen LogP contribution in [0.1, 0.15) is 0 Å². The maximum absolute atomic E-state index is 5.82. The second-order valence-electron chi connectivity index (χ2n) is 5.26. The third-order valence-electron chi connectivity index (χ3n) is 3.64. The molecule has 0 aliphatic carbocycles. The summed E-state index contributed by atoms with van der Waals surface area (Å²) in [5.41, 5.74) is 2.43. The van der Waals surface area contributed by atoms with Crippen molar-refractivity contribution in [2.24, 2.45) is 0 Å². The molecule has 3 aromatic carbocycles. The van der Waals surface area contributed by atoms with Crippen molar-refractivity contribution in [3.05, 3.63) is 78.9 Å². The molecule has 3 aromatic rings. The summed E-state index contributed by atoms with van der Waals surface area (Å²) in [6, 6.07) is 26.7. The van der Waals surface area contributed by atoms with E-state index in [-0.39, 0.29) is 0 Å². The van der Waals surface area contributed by atoms with Crippen molar-refractivity contribution in [3.63, 3.8) is 0 Å². The highest BCUT2D eigenvalue weighted by Crippen LogP contribution is 2.23. The largest absolute Gasteiger partial charge is 0.497 e. The smallest absolute Gasteiger partial charge is 0.119 e. The van der Waals surface area contributed by atoms with E-state index in [0.717, 1.165) is 17.3 Å². The van der Waals surface area contributed by atoms with Gasteiger partial charge in [-0.05, 0) is 47.5 Å². The number of ether oxygens (including phenoxy) is 2. The third kappa shape index (κ3) is 4.56. The van der Waals surface area contributed by atoms with Gasteiger partial charge in [0.25, 0.3) is 0 Å². The van der Waals surface area contributed by atoms with E-state index in [1.165, 1.54) is 16.0 Å². The Balaban J connectivity index is 1.46. The van der Waals surface area contributed by atoms with E-state index in [4.69, 9.17) is 9.47 Å². The Morgan fingerprint density at radius 2 is 1.33 bits per heavy atom. The van der Waals surface area contributed by atoms with E-state index in [9.17, 15) is 0 Å². The van der Waals surface area contributed by atoms with Gasteiger partial charge in [0.05, 0.1) is 13.7 Å². The van der Waals surface area contributed by atoms with Crippen molar-refractivity contribution < 1.29 is 9.47 Å². The Kier molecular flexibility index (Phi) is 5.80. The van der Waals surface area contributed by atoms with Gasteiger partial charge in [0.2, 0.25) is 0 Å². The minimum Gasteiger partial charge on any atom is -0.497 e. The fraction of sp³-hybridized carbons (Fsp3) is 0.143. The highest BCUT2D eigenvalue weighted by atomic mass is 32.2. The van der Waals surface area contributed by atoms with Gasteiger partial charge in [-0.3, -0.25) is 0 Å². The van der Waals surface area contributed by atoms with Crippen LogP contribution in [0.3, 0.4) is 0 Å². The van der Waals surface area contributed by atoms with E-state index < -0.39 is 0 Å². The molecule has 0 atom stereocenters. The Hall–Kier alpha value is -2.39. The molecule has 0 aliphatic heterocycles. The molecule has 0 saturated heterocycles. The van der Waals surface area contributed by atoms with Crippen LogP contribution in [0.25, 0.3) is 11.1 Å². The Morgan fingerprint density at radius 1 is 0.708 bits per heavy atom. The van der Waals surface area contributed by atoms with Crippen LogP contribution in [0, 0.1) is 0 Å². The lowest BCUT2D eigenvalue weighted by molar-refractivity contribution is 0.344. The molecule has 122 valence electrons. The second kappa shape index (κ2) is 8.46. The number of thioether (sulfide) groups is 1. The van der Waals surface area contributed by atoms with Crippen LogP contribution < -0.4 is 9.47 Å². The van der Waals surface area contributed by atoms with Crippen LogP contribution in [-0.2, 0) is 0 Å². The van der Waals surface area contributed by atoms with E-state index in [1.807, 2.05) is 30.3 Å².